The van der Waals surface area contributed by atoms with Crippen molar-refractivity contribution < 1.29 is 4.74 Å². The number of hydrogen-bond acceptors (Lipinski definition) is 3. The van der Waals surface area contributed by atoms with E-state index in [0.29, 0.717) is 0 Å². The van der Waals surface area contributed by atoms with Crippen LogP contribution in [0.4, 0.5) is 0 Å². The van der Waals surface area contributed by atoms with Gasteiger partial charge in [-0.1, -0.05) is 17.7 Å². The number of nitrogens with one attached hydrogen (secondary N) is 2. The number of piperidine rings is 1. The maximum absolute atomic E-state index is 6.28. The fraction of sp³-hybridized carbons (Fsp3) is 0.632. The number of hydrogen-bond donors (Lipinski definition) is 2. The van der Waals surface area contributed by atoms with Crippen LogP contribution in [0.2, 0.25) is 5.02 Å². The molecular formula is C19H31ClN4O. The van der Waals surface area contributed by atoms with Crippen LogP contribution in [0.5, 0.6) is 5.75 Å². The van der Waals surface area contributed by atoms with E-state index in [1.807, 2.05) is 25.2 Å². The van der Waals surface area contributed by atoms with Gasteiger partial charge in [-0.25, -0.2) is 0 Å². The second kappa shape index (κ2) is 10.5. The number of nitrogens with zero attached hydrogens (tertiary/aromatic N) is 2. The Hall–Kier alpha value is -1.46. The molecule has 2 rings (SSSR count). The summed E-state index contributed by atoms with van der Waals surface area (Å²) in [6, 6.07) is 5.81. The summed E-state index contributed by atoms with van der Waals surface area (Å²) in [5, 5.41) is 7.52. The third-order valence-electron chi connectivity index (χ3n) is 4.85. The first-order valence-electron chi connectivity index (χ1n) is 9.08. The first-order valence-corrected chi connectivity index (χ1v) is 9.45. The SMILES string of the molecule is CN=C(NCCc1ccc(OC)cc1Cl)NCCC1CCN(C)CC1. The van der Waals surface area contributed by atoms with Crippen LogP contribution in [-0.2, 0) is 6.42 Å². The largest absolute Gasteiger partial charge is 0.497 e. The second-order valence-corrected chi connectivity index (χ2v) is 7.08. The molecule has 25 heavy (non-hydrogen) atoms. The number of guanidine groups is 1. The Kier molecular flexibility index (Phi) is 8.35. The number of ether oxygens (including phenoxy) is 1. The predicted molar refractivity (Wildman–Crippen MR) is 106 cm³/mol. The summed E-state index contributed by atoms with van der Waals surface area (Å²) < 4.78 is 5.18. The molecule has 0 saturated carbocycles. The van der Waals surface area contributed by atoms with Gasteiger partial charge in [-0.2, -0.15) is 0 Å². The molecule has 140 valence electrons. The summed E-state index contributed by atoms with van der Waals surface area (Å²) in [5.74, 6) is 2.48. The first-order chi connectivity index (χ1) is 12.1. The summed E-state index contributed by atoms with van der Waals surface area (Å²) in [5.41, 5.74) is 1.11. The molecule has 1 saturated heterocycles. The zero-order chi connectivity index (χ0) is 18.1. The highest BCUT2D eigenvalue weighted by Crippen LogP contribution is 2.22. The molecule has 2 N–H and O–H groups in total. The van der Waals surface area contributed by atoms with E-state index in [1.54, 1.807) is 7.11 Å². The first kappa shape index (κ1) is 19.9. The Labute approximate surface area is 156 Å². The van der Waals surface area contributed by atoms with E-state index in [2.05, 4.69) is 27.6 Å². The molecule has 0 spiro atoms. The molecule has 0 unspecified atom stereocenters. The van der Waals surface area contributed by atoms with Crippen LogP contribution in [-0.4, -0.2) is 58.2 Å². The van der Waals surface area contributed by atoms with Crippen molar-refractivity contribution in [2.45, 2.75) is 25.7 Å². The average molecular weight is 367 g/mol. The van der Waals surface area contributed by atoms with Crippen LogP contribution in [0, 0.1) is 5.92 Å². The van der Waals surface area contributed by atoms with Crippen molar-refractivity contribution in [2.75, 3.05) is 47.4 Å². The molecule has 1 aliphatic rings. The molecule has 6 heteroatoms. The molecule has 0 atom stereocenters. The normalized spacial score (nSPS) is 16.7. The molecule has 5 nitrogen and oxygen atoms in total. The Morgan fingerprint density at radius 1 is 1.28 bits per heavy atom. The summed E-state index contributed by atoms with van der Waals surface area (Å²) in [6.45, 7) is 4.21. The van der Waals surface area contributed by atoms with E-state index >= 15 is 0 Å². The zero-order valence-corrected chi connectivity index (χ0v) is 16.4. The standard InChI is InChI=1S/C19H31ClN4O/c1-21-19(22-10-6-15-8-12-24(2)13-9-15)23-11-7-16-4-5-17(25-3)14-18(16)20/h4-5,14-15H,6-13H2,1-3H3,(H2,21,22,23). The van der Waals surface area contributed by atoms with Gasteiger partial charge >= 0.3 is 0 Å². The summed E-state index contributed by atoms with van der Waals surface area (Å²) in [7, 11) is 5.66. The van der Waals surface area contributed by atoms with Crippen molar-refractivity contribution in [2.24, 2.45) is 10.9 Å². The van der Waals surface area contributed by atoms with Crippen LogP contribution < -0.4 is 15.4 Å². The third kappa shape index (κ3) is 6.75. The summed E-state index contributed by atoms with van der Waals surface area (Å²) >= 11 is 6.28. The topological polar surface area (TPSA) is 48.9 Å². The lowest BCUT2D eigenvalue weighted by Crippen LogP contribution is -2.39. The molecule has 1 fully saturated rings. The number of aliphatic imine (C=N–C) groups is 1. The number of rotatable bonds is 7. The number of methoxy groups -OCH3 is 1. The number of benzene rings is 1. The van der Waals surface area contributed by atoms with Gasteiger partial charge in [0.2, 0.25) is 0 Å². The minimum absolute atomic E-state index is 0.742. The van der Waals surface area contributed by atoms with Gasteiger partial charge in [0.15, 0.2) is 5.96 Å². The van der Waals surface area contributed by atoms with Crippen molar-refractivity contribution in [3.8, 4) is 5.75 Å². The third-order valence-corrected chi connectivity index (χ3v) is 5.21. The maximum Gasteiger partial charge on any atom is 0.190 e. The van der Waals surface area contributed by atoms with Gasteiger partial charge in [0.25, 0.3) is 0 Å². The second-order valence-electron chi connectivity index (χ2n) is 6.67. The quantitative estimate of drug-likeness (QED) is 0.575. The van der Waals surface area contributed by atoms with Gasteiger partial charge in [-0.05, 0) is 69.4 Å². The highest BCUT2D eigenvalue weighted by atomic mass is 35.5. The Bertz CT molecular complexity index is 556. The smallest absolute Gasteiger partial charge is 0.190 e. The predicted octanol–water partition coefficient (Wildman–Crippen LogP) is 2.79. The van der Waals surface area contributed by atoms with E-state index in [9.17, 15) is 0 Å². The number of likely N-dealkylation sites (tertiary alicyclic amines) is 1. The highest BCUT2D eigenvalue weighted by molar-refractivity contribution is 6.31. The molecule has 0 aromatic heterocycles. The monoisotopic (exact) mass is 366 g/mol. The minimum Gasteiger partial charge on any atom is -0.497 e. The Morgan fingerprint density at radius 3 is 2.64 bits per heavy atom. The molecule has 1 aliphatic heterocycles. The molecule has 0 amide bonds. The van der Waals surface area contributed by atoms with Gasteiger partial charge < -0.3 is 20.3 Å². The number of halogens is 1. The molecule has 0 aliphatic carbocycles. The van der Waals surface area contributed by atoms with E-state index < -0.39 is 0 Å². The lowest BCUT2D eigenvalue weighted by Gasteiger charge is -2.29. The van der Waals surface area contributed by atoms with Crippen LogP contribution in [0.1, 0.15) is 24.8 Å². The fourth-order valence-electron chi connectivity index (χ4n) is 3.14. The van der Waals surface area contributed by atoms with Crippen molar-refractivity contribution in [3.05, 3.63) is 28.8 Å². The Balaban J connectivity index is 1.66. The molecule has 0 radical (unpaired) electrons. The summed E-state index contributed by atoms with van der Waals surface area (Å²) in [4.78, 5) is 6.71. The fourth-order valence-corrected chi connectivity index (χ4v) is 3.40. The van der Waals surface area contributed by atoms with E-state index in [0.717, 1.165) is 47.7 Å². The van der Waals surface area contributed by atoms with Gasteiger partial charge in [-0.15, -0.1) is 0 Å². The van der Waals surface area contributed by atoms with E-state index in [-0.39, 0.29) is 0 Å². The minimum atomic E-state index is 0.742. The van der Waals surface area contributed by atoms with E-state index in [4.69, 9.17) is 16.3 Å². The molecule has 1 aromatic carbocycles. The van der Waals surface area contributed by atoms with Crippen molar-refractivity contribution in [1.82, 2.24) is 15.5 Å². The average Bonchev–Trinajstić information content (AvgIpc) is 2.63. The molecule has 1 heterocycles. The molecule has 1 aromatic rings. The van der Waals surface area contributed by atoms with Crippen molar-refractivity contribution in [1.29, 1.82) is 0 Å². The molecular weight excluding hydrogens is 336 g/mol. The Morgan fingerprint density at radius 2 is 2.00 bits per heavy atom. The van der Waals surface area contributed by atoms with E-state index in [1.165, 1.54) is 32.4 Å². The summed E-state index contributed by atoms with van der Waals surface area (Å²) in [6.07, 6.45) is 4.66. The highest BCUT2D eigenvalue weighted by Gasteiger charge is 2.16. The van der Waals surface area contributed by atoms with Gasteiger partial charge in [0.1, 0.15) is 5.75 Å². The lowest BCUT2D eigenvalue weighted by atomic mass is 9.94. The van der Waals surface area contributed by atoms with Crippen LogP contribution in [0.25, 0.3) is 0 Å². The van der Waals surface area contributed by atoms with Gasteiger partial charge in [0.05, 0.1) is 7.11 Å². The zero-order valence-electron chi connectivity index (χ0n) is 15.6. The van der Waals surface area contributed by atoms with Gasteiger partial charge in [0, 0.05) is 25.2 Å². The van der Waals surface area contributed by atoms with Crippen molar-refractivity contribution in [3.63, 3.8) is 0 Å². The molecule has 0 bridgehead atoms. The van der Waals surface area contributed by atoms with Crippen LogP contribution in [0.3, 0.4) is 0 Å². The maximum atomic E-state index is 6.28. The van der Waals surface area contributed by atoms with Gasteiger partial charge in [-0.3, -0.25) is 4.99 Å². The van der Waals surface area contributed by atoms with Crippen LogP contribution in [0.15, 0.2) is 23.2 Å². The van der Waals surface area contributed by atoms with Crippen molar-refractivity contribution >= 4 is 17.6 Å². The lowest BCUT2D eigenvalue weighted by molar-refractivity contribution is 0.213. The van der Waals surface area contributed by atoms with Crippen LogP contribution >= 0.6 is 11.6 Å².